The second-order valence-electron chi connectivity index (χ2n) is 6.70. The molecule has 3 aromatic rings. The molecule has 1 fully saturated rings. The van der Waals surface area contributed by atoms with Gasteiger partial charge in [-0.3, -0.25) is 4.79 Å². The summed E-state index contributed by atoms with van der Waals surface area (Å²) in [6, 6.07) is 9.78. The van der Waals surface area contributed by atoms with Gasteiger partial charge in [0.2, 0.25) is 0 Å². The molecule has 0 aliphatic heterocycles. The molecule has 1 aliphatic rings. The summed E-state index contributed by atoms with van der Waals surface area (Å²) in [5.74, 6) is 1.18. The van der Waals surface area contributed by atoms with Crippen LogP contribution in [0.5, 0.6) is 0 Å². The van der Waals surface area contributed by atoms with Crippen molar-refractivity contribution >= 4 is 5.91 Å². The number of nitrogens with zero attached hydrogens (tertiary/aromatic N) is 4. The standard InChI is InChI=1S/C20H21N5O/c1-14-17(11-22-19(23-14)16-7-8-16)20(26)24-18(12-25-10-9-21-13-25)15-5-3-2-4-6-15/h2-6,9-11,13,16,18H,7-8,12H2,1H3,(H,24,26). The van der Waals surface area contributed by atoms with E-state index in [9.17, 15) is 4.79 Å². The number of carbonyl (C=O) groups excluding carboxylic acids is 1. The Bertz CT molecular complexity index is 888. The molecule has 6 heteroatoms. The van der Waals surface area contributed by atoms with Crippen LogP contribution >= 0.6 is 0 Å². The maximum atomic E-state index is 12.9. The van der Waals surface area contributed by atoms with Gasteiger partial charge in [-0.2, -0.15) is 0 Å². The van der Waals surface area contributed by atoms with Crippen LogP contribution in [0.4, 0.5) is 0 Å². The first-order valence-electron chi connectivity index (χ1n) is 8.86. The van der Waals surface area contributed by atoms with Crippen LogP contribution in [0.2, 0.25) is 0 Å². The van der Waals surface area contributed by atoms with Crippen LogP contribution in [-0.2, 0) is 6.54 Å². The monoisotopic (exact) mass is 347 g/mol. The van der Waals surface area contributed by atoms with E-state index in [0.717, 1.165) is 29.9 Å². The van der Waals surface area contributed by atoms with E-state index in [-0.39, 0.29) is 11.9 Å². The fourth-order valence-electron chi connectivity index (χ4n) is 3.01. The molecular weight excluding hydrogens is 326 g/mol. The van der Waals surface area contributed by atoms with Gasteiger partial charge in [0.05, 0.1) is 23.6 Å². The van der Waals surface area contributed by atoms with Gasteiger partial charge in [0.1, 0.15) is 5.82 Å². The smallest absolute Gasteiger partial charge is 0.255 e. The molecule has 1 aliphatic carbocycles. The summed E-state index contributed by atoms with van der Waals surface area (Å²) in [6.07, 6.45) is 9.32. The highest BCUT2D eigenvalue weighted by Gasteiger charge is 2.27. The van der Waals surface area contributed by atoms with Crippen LogP contribution in [0, 0.1) is 6.92 Å². The minimum Gasteiger partial charge on any atom is -0.343 e. The minimum absolute atomic E-state index is 0.154. The quantitative estimate of drug-likeness (QED) is 0.744. The highest BCUT2D eigenvalue weighted by Crippen LogP contribution is 2.37. The molecule has 1 atom stereocenters. The number of carbonyl (C=O) groups is 1. The van der Waals surface area contributed by atoms with Crippen molar-refractivity contribution in [3.63, 3.8) is 0 Å². The Balaban J connectivity index is 1.55. The molecular formula is C20H21N5O. The van der Waals surface area contributed by atoms with E-state index in [2.05, 4.69) is 20.3 Å². The van der Waals surface area contributed by atoms with Gasteiger partial charge in [0.15, 0.2) is 0 Å². The normalized spacial score (nSPS) is 14.8. The Morgan fingerprint density at radius 2 is 2.12 bits per heavy atom. The molecule has 26 heavy (non-hydrogen) atoms. The van der Waals surface area contributed by atoms with Crippen LogP contribution in [0.1, 0.15) is 52.2 Å². The van der Waals surface area contributed by atoms with Crippen LogP contribution in [0.15, 0.2) is 55.2 Å². The number of nitrogens with one attached hydrogen (secondary N) is 1. The van der Waals surface area contributed by atoms with Gasteiger partial charge in [-0.05, 0) is 25.3 Å². The summed E-state index contributed by atoms with van der Waals surface area (Å²) >= 11 is 0. The van der Waals surface area contributed by atoms with Gasteiger partial charge in [0, 0.05) is 31.1 Å². The molecule has 0 bridgehead atoms. The zero-order valence-corrected chi connectivity index (χ0v) is 14.7. The Morgan fingerprint density at radius 3 is 2.77 bits per heavy atom. The van der Waals surface area contributed by atoms with E-state index in [0.29, 0.717) is 18.0 Å². The van der Waals surface area contributed by atoms with E-state index >= 15 is 0 Å². The summed E-state index contributed by atoms with van der Waals surface area (Å²) in [4.78, 5) is 25.9. The molecule has 1 saturated carbocycles. The molecule has 1 unspecified atom stereocenters. The lowest BCUT2D eigenvalue weighted by molar-refractivity contribution is 0.0931. The predicted molar refractivity (Wildman–Crippen MR) is 97.6 cm³/mol. The summed E-state index contributed by atoms with van der Waals surface area (Å²) in [5, 5.41) is 3.13. The largest absolute Gasteiger partial charge is 0.343 e. The number of amides is 1. The van der Waals surface area contributed by atoms with E-state index in [1.54, 1.807) is 18.7 Å². The molecule has 6 nitrogen and oxygen atoms in total. The number of rotatable bonds is 6. The number of aryl methyl sites for hydroxylation is 1. The van der Waals surface area contributed by atoms with Crippen molar-refractivity contribution in [2.75, 3.05) is 0 Å². The maximum Gasteiger partial charge on any atom is 0.255 e. The van der Waals surface area contributed by atoms with E-state index < -0.39 is 0 Å². The van der Waals surface area contributed by atoms with E-state index in [4.69, 9.17) is 0 Å². The first-order chi connectivity index (χ1) is 12.7. The van der Waals surface area contributed by atoms with Crippen LogP contribution in [0.3, 0.4) is 0 Å². The summed E-state index contributed by atoms with van der Waals surface area (Å²) in [5.41, 5.74) is 2.30. The van der Waals surface area contributed by atoms with Gasteiger partial charge in [-0.25, -0.2) is 15.0 Å². The van der Waals surface area contributed by atoms with Gasteiger partial charge < -0.3 is 9.88 Å². The molecule has 1 aromatic carbocycles. The predicted octanol–water partition coefficient (Wildman–Crippen LogP) is 3.03. The highest BCUT2D eigenvalue weighted by molar-refractivity contribution is 5.95. The van der Waals surface area contributed by atoms with Crippen molar-refractivity contribution < 1.29 is 4.79 Å². The molecule has 0 saturated heterocycles. The molecule has 2 aromatic heterocycles. The van der Waals surface area contributed by atoms with Crippen molar-refractivity contribution in [1.82, 2.24) is 24.8 Å². The molecule has 0 spiro atoms. The van der Waals surface area contributed by atoms with Crippen LogP contribution in [0.25, 0.3) is 0 Å². The Labute approximate surface area is 152 Å². The minimum atomic E-state index is -0.166. The zero-order valence-electron chi connectivity index (χ0n) is 14.7. The first-order valence-corrected chi connectivity index (χ1v) is 8.86. The average Bonchev–Trinajstić information content (AvgIpc) is 3.39. The Kier molecular flexibility index (Phi) is 4.48. The molecule has 4 rings (SSSR count). The molecule has 1 N–H and O–H groups in total. The third-order valence-corrected chi connectivity index (χ3v) is 4.64. The van der Waals surface area contributed by atoms with Crippen molar-refractivity contribution in [2.45, 2.75) is 38.3 Å². The topological polar surface area (TPSA) is 72.7 Å². The lowest BCUT2D eigenvalue weighted by Gasteiger charge is -2.20. The number of hydrogen-bond donors (Lipinski definition) is 1. The SMILES string of the molecule is Cc1nc(C2CC2)ncc1C(=O)NC(Cn1ccnc1)c1ccccc1. The number of hydrogen-bond acceptors (Lipinski definition) is 4. The van der Waals surface area contributed by atoms with Crippen molar-refractivity contribution in [1.29, 1.82) is 0 Å². The highest BCUT2D eigenvalue weighted by atomic mass is 16.1. The average molecular weight is 347 g/mol. The Morgan fingerprint density at radius 1 is 1.31 bits per heavy atom. The van der Waals surface area contributed by atoms with Gasteiger partial charge in [-0.1, -0.05) is 30.3 Å². The lowest BCUT2D eigenvalue weighted by Crippen LogP contribution is -2.32. The van der Waals surface area contributed by atoms with Crippen LogP contribution < -0.4 is 5.32 Å². The summed E-state index contributed by atoms with van der Waals surface area (Å²) in [6.45, 7) is 2.48. The second-order valence-corrected chi connectivity index (χ2v) is 6.70. The third-order valence-electron chi connectivity index (χ3n) is 4.64. The summed E-state index contributed by atoms with van der Waals surface area (Å²) < 4.78 is 1.96. The number of imidazole rings is 1. The molecule has 132 valence electrons. The van der Waals surface area contributed by atoms with Crippen molar-refractivity contribution in [3.8, 4) is 0 Å². The molecule has 2 heterocycles. The van der Waals surface area contributed by atoms with Gasteiger partial charge in [-0.15, -0.1) is 0 Å². The maximum absolute atomic E-state index is 12.9. The first kappa shape index (κ1) is 16.4. The zero-order chi connectivity index (χ0) is 17.9. The lowest BCUT2D eigenvalue weighted by atomic mass is 10.1. The fraction of sp³-hybridized carbons (Fsp3) is 0.300. The second kappa shape index (κ2) is 7.07. The number of benzene rings is 1. The molecule has 0 radical (unpaired) electrons. The van der Waals surface area contributed by atoms with Crippen molar-refractivity contribution in [2.24, 2.45) is 0 Å². The van der Waals surface area contributed by atoms with E-state index in [1.165, 1.54) is 0 Å². The van der Waals surface area contributed by atoms with Gasteiger partial charge >= 0.3 is 0 Å². The number of aromatic nitrogens is 4. The Hall–Kier alpha value is -3.02. The third kappa shape index (κ3) is 3.64. The van der Waals surface area contributed by atoms with Crippen molar-refractivity contribution in [3.05, 3.63) is 77.9 Å². The van der Waals surface area contributed by atoms with Gasteiger partial charge in [0.25, 0.3) is 5.91 Å². The molecule has 1 amide bonds. The van der Waals surface area contributed by atoms with Crippen LogP contribution in [-0.4, -0.2) is 25.4 Å². The summed E-state index contributed by atoms with van der Waals surface area (Å²) in [7, 11) is 0. The fourth-order valence-corrected chi connectivity index (χ4v) is 3.01. The van der Waals surface area contributed by atoms with E-state index in [1.807, 2.05) is 48.0 Å².